The molecule has 5 heteroatoms. The van der Waals surface area contributed by atoms with Crippen LogP contribution in [-0.2, 0) is 0 Å². The van der Waals surface area contributed by atoms with Gasteiger partial charge in [-0.3, -0.25) is 0 Å². The van der Waals surface area contributed by atoms with Crippen LogP contribution in [0.1, 0.15) is 24.4 Å². The van der Waals surface area contributed by atoms with Crippen molar-refractivity contribution in [3.8, 4) is 11.5 Å². The van der Waals surface area contributed by atoms with Crippen LogP contribution in [0.3, 0.4) is 0 Å². The Morgan fingerprint density at radius 1 is 1.29 bits per heavy atom. The molecule has 1 aromatic heterocycles. The van der Waals surface area contributed by atoms with Gasteiger partial charge in [-0.25, -0.2) is 0 Å². The number of hydrogen-bond donors (Lipinski definition) is 1. The molecule has 90 valence electrons. The lowest BCUT2D eigenvalue weighted by Crippen LogP contribution is -2.12. The smallest absolute Gasteiger partial charge is 0.247 e. The normalized spacial score (nSPS) is 12.7. The van der Waals surface area contributed by atoms with Crippen molar-refractivity contribution in [3.05, 3.63) is 34.7 Å². The Morgan fingerprint density at radius 3 is 2.71 bits per heavy atom. The third kappa shape index (κ3) is 2.65. The maximum Gasteiger partial charge on any atom is 0.247 e. The number of benzene rings is 1. The summed E-state index contributed by atoms with van der Waals surface area (Å²) in [5.74, 6) is 1.06. The highest BCUT2D eigenvalue weighted by Crippen LogP contribution is 2.24. The molecule has 0 fully saturated rings. The summed E-state index contributed by atoms with van der Waals surface area (Å²) in [6.45, 7) is 3.93. The SMILES string of the molecule is CNC(C)c1nnc(-c2cc(C)cc(Cl)c2)o1. The first-order valence-electron chi connectivity index (χ1n) is 5.38. The highest BCUT2D eigenvalue weighted by atomic mass is 35.5. The van der Waals surface area contributed by atoms with E-state index in [4.69, 9.17) is 16.0 Å². The van der Waals surface area contributed by atoms with Gasteiger partial charge in [-0.1, -0.05) is 11.6 Å². The van der Waals surface area contributed by atoms with Crippen molar-refractivity contribution in [2.24, 2.45) is 0 Å². The molecule has 0 bridgehead atoms. The van der Waals surface area contributed by atoms with E-state index < -0.39 is 0 Å². The Balaban J connectivity index is 2.36. The van der Waals surface area contributed by atoms with Gasteiger partial charge in [-0.2, -0.15) is 0 Å². The molecule has 17 heavy (non-hydrogen) atoms. The molecule has 0 aliphatic heterocycles. The zero-order valence-electron chi connectivity index (χ0n) is 9.99. The summed E-state index contributed by atoms with van der Waals surface area (Å²) in [6.07, 6.45) is 0. The van der Waals surface area contributed by atoms with Gasteiger partial charge in [-0.05, 0) is 44.7 Å². The predicted octanol–water partition coefficient (Wildman–Crippen LogP) is 2.98. The van der Waals surface area contributed by atoms with Gasteiger partial charge >= 0.3 is 0 Å². The zero-order chi connectivity index (χ0) is 12.4. The summed E-state index contributed by atoms with van der Waals surface area (Å²) in [5.41, 5.74) is 1.91. The predicted molar refractivity (Wildman–Crippen MR) is 67.0 cm³/mol. The Morgan fingerprint density at radius 2 is 2.06 bits per heavy atom. The average molecular weight is 252 g/mol. The minimum absolute atomic E-state index is 0.0385. The van der Waals surface area contributed by atoms with Crippen LogP contribution in [0.15, 0.2) is 22.6 Å². The molecular weight excluding hydrogens is 238 g/mol. The van der Waals surface area contributed by atoms with E-state index in [-0.39, 0.29) is 6.04 Å². The van der Waals surface area contributed by atoms with Crippen LogP contribution in [0.25, 0.3) is 11.5 Å². The molecule has 0 saturated carbocycles. The van der Waals surface area contributed by atoms with Gasteiger partial charge in [0.25, 0.3) is 0 Å². The maximum absolute atomic E-state index is 5.99. The van der Waals surface area contributed by atoms with Crippen LogP contribution in [-0.4, -0.2) is 17.2 Å². The number of aromatic nitrogens is 2. The molecule has 0 aliphatic rings. The molecule has 1 unspecified atom stereocenters. The van der Waals surface area contributed by atoms with Crippen molar-refractivity contribution in [1.82, 2.24) is 15.5 Å². The lowest BCUT2D eigenvalue weighted by atomic mass is 10.1. The molecule has 0 saturated heterocycles. The molecule has 2 rings (SSSR count). The van der Waals surface area contributed by atoms with E-state index in [1.807, 2.05) is 39.1 Å². The fourth-order valence-corrected chi connectivity index (χ4v) is 1.80. The number of rotatable bonds is 3. The van der Waals surface area contributed by atoms with Gasteiger partial charge in [0.15, 0.2) is 0 Å². The molecule has 0 spiro atoms. The van der Waals surface area contributed by atoms with Crippen LogP contribution in [0.4, 0.5) is 0 Å². The summed E-state index contributed by atoms with van der Waals surface area (Å²) in [4.78, 5) is 0. The molecule has 0 aliphatic carbocycles. The highest BCUT2D eigenvalue weighted by molar-refractivity contribution is 6.30. The zero-order valence-corrected chi connectivity index (χ0v) is 10.7. The van der Waals surface area contributed by atoms with E-state index in [9.17, 15) is 0 Å². The monoisotopic (exact) mass is 251 g/mol. The van der Waals surface area contributed by atoms with Crippen LogP contribution in [0.2, 0.25) is 5.02 Å². The molecule has 1 aromatic carbocycles. The largest absolute Gasteiger partial charge is 0.419 e. The average Bonchev–Trinajstić information content (AvgIpc) is 2.76. The van der Waals surface area contributed by atoms with Crippen molar-refractivity contribution in [2.75, 3.05) is 7.05 Å². The van der Waals surface area contributed by atoms with Crippen LogP contribution in [0.5, 0.6) is 0 Å². The van der Waals surface area contributed by atoms with Crippen molar-refractivity contribution < 1.29 is 4.42 Å². The first-order chi connectivity index (χ1) is 8.10. The van der Waals surface area contributed by atoms with E-state index >= 15 is 0 Å². The van der Waals surface area contributed by atoms with E-state index in [1.165, 1.54) is 0 Å². The molecule has 0 amide bonds. The Bertz CT molecular complexity index is 504. The van der Waals surface area contributed by atoms with Crippen LogP contribution in [0, 0.1) is 6.92 Å². The third-order valence-corrected chi connectivity index (χ3v) is 2.75. The molecular formula is C12H14ClN3O. The van der Waals surface area contributed by atoms with Crippen molar-refractivity contribution in [3.63, 3.8) is 0 Å². The summed E-state index contributed by atoms with van der Waals surface area (Å²) >= 11 is 5.99. The van der Waals surface area contributed by atoms with E-state index in [1.54, 1.807) is 0 Å². The topological polar surface area (TPSA) is 51.0 Å². The quantitative estimate of drug-likeness (QED) is 0.911. The number of aryl methyl sites for hydroxylation is 1. The fourth-order valence-electron chi connectivity index (χ4n) is 1.51. The second-order valence-corrected chi connectivity index (χ2v) is 4.41. The lowest BCUT2D eigenvalue weighted by Gasteiger charge is -2.02. The minimum atomic E-state index is 0.0385. The molecule has 4 nitrogen and oxygen atoms in total. The van der Waals surface area contributed by atoms with Crippen LogP contribution < -0.4 is 5.32 Å². The van der Waals surface area contributed by atoms with Crippen molar-refractivity contribution in [1.29, 1.82) is 0 Å². The highest BCUT2D eigenvalue weighted by Gasteiger charge is 2.13. The molecule has 1 atom stereocenters. The Labute approximate surface area is 105 Å². The van der Waals surface area contributed by atoms with E-state index in [0.717, 1.165) is 11.1 Å². The van der Waals surface area contributed by atoms with Gasteiger partial charge in [0.2, 0.25) is 11.8 Å². The molecule has 2 aromatic rings. The standard InChI is InChI=1S/C12H14ClN3O/c1-7-4-9(6-10(13)5-7)12-16-15-11(17-12)8(2)14-3/h4-6,8,14H,1-3H3. The van der Waals surface area contributed by atoms with Gasteiger partial charge in [0.05, 0.1) is 6.04 Å². The van der Waals surface area contributed by atoms with E-state index in [2.05, 4.69) is 15.5 Å². The Kier molecular flexibility index (Phi) is 3.45. The summed E-state index contributed by atoms with van der Waals surface area (Å²) in [6, 6.07) is 5.71. The maximum atomic E-state index is 5.99. The van der Waals surface area contributed by atoms with Gasteiger partial charge in [0.1, 0.15) is 0 Å². The first kappa shape index (κ1) is 12.1. The first-order valence-corrected chi connectivity index (χ1v) is 5.76. The lowest BCUT2D eigenvalue weighted by molar-refractivity contribution is 0.441. The van der Waals surface area contributed by atoms with Gasteiger partial charge in [0, 0.05) is 10.6 Å². The Hall–Kier alpha value is -1.39. The second-order valence-electron chi connectivity index (χ2n) is 3.97. The molecule has 1 N–H and O–H groups in total. The number of hydrogen-bond acceptors (Lipinski definition) is 4. The van der Waals surface area contributed by atoms with Crippen molar-refractivity contribution >= 4 is 11.6 Å². The van der Waals surface area contributed by atoms with Crippen LogP contribution >= 0.6 is 11.6 Å². The van der Waals surface area contributed by atoms with Crippen molar-refractivity contribution in [2.45, 2.75) is 19.9 Å². The third-order valence-electron chi connectivity index (χ3n) is 2.53. The van der Waals surface area contributed by atoms with Gasteiger partial charge < -0.3 is 9.73 Å². The fraction of sp³-hybridized carbons (Fsp3) is 0.333. The van der Waals surface area contributed by atoms with Gasteiger partial charge in [-0.15, -0.1) is 10.2 Å². The number of halogens is 1. The molecule has 1 heterocycles. The second kappa shape index (κ2) is 4.85. The molecule has 0 radical (unpaired) electrons. The summed E-state index contributed by atoms with van der Waals surface area (Å²) in [7, 11) is 1.85. The number of nitrogens with zero attached hydrogens (tertiary/aromatic N) is 2. The summed E-state index contributed by atoms with van der Waals surface area (Å²) < 4.78 is 5.59. The van der Waals surface area contributed by atoms with E-state index in [0.29, 0.717) is 16.8 Å². The minimum Gasteiger partial charge on any atom is -0.419 e. The summed E-state index contributed by atoms with van der Waals surface area (Å²) in [5, 5.41) is 11.7. The number of nitrogens with one attached hydrogen (secondary N) is 1.